The largest absolute Gasteiger partial charge is 0.347 e. The number of hydrogen-bond acceptors (Lipinski definition) is 1. The van der Waals surface area contributed by atoms with E-state index in [1.54, 1.807) is 0 Å². The van der Waals surface area contributed by atoms with Crippen molar-refractivity contribution in [3.8, 4) is 0 Å². The summed E-state index contributed by atoms with van der Waals surface area (Å²) in [6.45, 7) is 0. The van der Waals surface area contributed by atoms with Gasteiger partial charge in [-0.2, -0.15) is 0 Å². The summed E-state index contributed by atoms with van der Waals surface area (Å²) in [5.41, 5.74) is 4.96. The molecule has 1 heterocycles. The topological polar surface area (TPSA) is 22.0 Å². The Kier molecular flexibility index (Phi) is 3.53. The van der Waals surface area contributed by atoms with E-state index in [0.29, 0.717) is 12.3 Å². The van der Waals surface area contributed by atoms with E-state index < -0.39 is 0 Å². The lowest BCUT2D eigenvalue weighted by Crippen LogP contribution is -2.14. The van der Waals surface area contributed by atoms with Crippen molar-refractivity contribution in [1.82, 2.24) is 4.57 Å². The molecule has 0 saturated heterocycles. The molecule has 0 N–H and O–H groups in total. The van der Waals surface area contributed by atoms with E-state index in [4.69, 9.17) is 0 Å². The number of Topliss-reactive ketones (excluding diaryl/α,β-unsaturated/α-hetero) is 1. The molecule has 23 heavy (non-hydrogen) atoms. The first-order valence-electron chi connectivity index (χ1n) is 8.40. The van der Waals surface area contributed by atoms with E-state index in [9.17, 15) is 4.79 Å². The molecule has 3 aromatic rings. The second-order valence-electron chi connectivity index (χ2n) is 6.52. The minimum atomic E-state index is 0.261. The predicted molar refractivity (Wildman–Crippen MR) is 94.0 cm³/mol. The highest BCUT2D eigenvalue weighted by atomic mass is 16.1. The van der Waals surface area contributed by atoms with Gasteiger partial charge in [0.15, 0.2) is 5.78 Å². The summed E-state index contributed by atoms with van der Waals surface area (Å²) >= 11 is 0. The molecule has 2 heteroatoms. The van der Waals surface area contributed by atoms with Crippen LogP contribution in [-0.4, -0.2) is 10.4 Å². The SMILES string of the molecule is Cn1c2c(c3ccccc31)C(CC(=O)c1ccccc1)CCC2. The first kappa shape index (κ1) is 14.3. The third-order valence-corrected chi connectivity index (χ3v) is 5.17. The van der Waals surface area contributed by atoms with Gasteiger partial charge in [-0.3, -0.25) is 4.79 Å². The molecule has 1 aromatic heterocycles. The van der Waals surface area contributed by atoms with Crippen molar-refractivity contribution in [1.29, 1.82) is 0 Å². The van der Waals surface area contributed by atoms with E-state index >= 15 is 0 Å². The molecule has 0 spiro atoms. The lowest BCUT2D eigenvalue weighted by atomic mass is 9.81. The minimum Gasteiger partial charge on any atom is -0.347 e. The average molecular weight is 303 g/mol. The highest BCUT2D eigenvalue weighted by Gasteiger charge is 2.28. The van der Waals surface area contributed by atoms with E-state index in [0.717, 1.165) is 18.4 Å². The molecule has 116 valence electrons. The van der Waals surface area contributed by atoms with Gasteiger partial charge in [-0.05, 0) is 36.8 Å². The number of carbonyl (C=O) groups excluding carboxylic acids is 1. The highest BCUT2D eigenvalue weighted by Crippen LogP contribution is 2.40. The van der Waals surface area contributed by atoms with Gasteiger partial charge in [0.05, 0.1) is 0 Å². The molecule has 2 aromatic carbocycles. The molecule has 0 bridgehead atoms. The minimum absolute atomic E-state index is 0.261. The van der Waals surface area contributed by atoms with E-state index in [1.165, 1.54) is 28.6 Å². The lowest BCUT2D eigenvalue weighted by Gasteiger charge is -2.23. The normalized spacial score (nSPS) is 17.2. The number of nitrogens with zero attached hydrogens (tertiary/aromatic N) is 1. The summed E-state index contributed by atoms with van der Waals surface area (Å²) in [4.78, 5) is 12.7. The molecule has 0 amide bonds. The zero-order valence-electron chi connectivity index (χ0n) is 13.5. The summed E-state index contributed by atoms with van der Waals surface area (Å²) < 4.78 is 2.32. The number of aromatic nitrogens is 1. The van der Waals surface area contributed by atoms with Crippen LogP contribution in [0.3, 0.4) is 0 Å². The van der Waals surface area contributed by atoms with Crippen LogP contribution in [0.2, 0.25) is 0 Å². The van der Waals surface area contributed by atoms with Crippen molar-refractivity contribution in [3.63, 3.8) is 0 Å². The molecular formula is C21H21NO. The molecule has 1 aliphatic carbocycles. The van der Waals surface area contributed by atoms with Crippen molar-refractivity contribution in [3.05, 3.63) is 71.4 Å². The molecule has 4 rings (SSSR count). The molecule has 0 fully saturated rings. The van der Waals surface area contributed by atoms with Gasteiger partial charge < -0.3 is 4.57 Å². The standard InChI is InChI=1S/C21H21NO/c1-22-18-12-6-5-11-17(18)21-16(10-7-13-19(21)22)14-20(23)15-8-3-2-4-9-15/h2-6,8-9,11-12,16H,7,10,13-14H2,1H3. The van der Waals surface area contributed by atoms with Crippen LogP contribution in [0, 0.1) is 0 Å². The zero-order chi connectivity index (χ0) is 15.8. The summed E-state index contributed by atoms with van der Waals surface area (Å²) in [5, 5.41) is 1.33. The van der Waals surface area contributed by atoms with Crippen molar-refractivity contribution >= 4 is 16.7 Å². The van der Waals surface area contributed by atoms with Gasteiger partial charge in [0.2, 0.25) is 0 Å². The Morgan fingerprint density at radius 1 is 1.09 bits per heavy atom. The zero-order valence-corrected chi connectivity index (χ0v) is 13.5. The monoisotopic (exact) mass is 303 g/mol. The molecule has 1 aliphatic rings. The fraction of sp³-hybridized carbons (Fsp3) is 0.286. The number of aryl methyl sites for hydroxylation is 1. The van der Waals surface area contributed by atoms with Gasteiger partial charge >= 0.3 is 0 Å². The van der Waals surface area contributed by atoms with E-state index in [-0.39, 0.29) is 5.78 Å². The van der Waals surface area contributed by atoms with Gasteiger partial charge in [0.25, 0.3) is 0 Å². The Morgan fingerprint density at radius 2 is 1.83 bits per heavy atom. The fourth-order valence-electron chi connectivity index (χ4n) is 4.06. The number of fused-ring (bicyclic) bond motifs is 3. The van der Waals surface area contributed by atoms with Crippen molar-refractivity contribution < 1.29 is 4.79 Å². The maximum Gasteiger partial charge on any atom is 0.163 e. The highest BCUT2D eigenvalue weighted by molar-refractivity contribution is 5.97. The summed E-state index contributed by atoms with van der Waals surface area (Å²) in [6.07, 6.45) is 4.02. The Balaban J connectivity index is 1.73. The maximum absolute atomic E-state index is 12.7. The molecule has 0 aliphatic heterocycles. The molecule has 0 radical (unpaired) electrons. The van der Waals surface area contributed by atoms with Gasteiger partial charge in [-0.1, -0.05) is 48.5 Å². The maximum atomic E-state index is 12.7. The van der Waals surface area contributed by atoms with Crippen LogP contribution in [0.4, 0.5) is 0 Å². The Morgan fingerprint density at radius 3 is 2.65 bits per heavy atom. The lowest BCUT2D eigenvalue weighted by molar-refractivity contribution is 0.0971. The van der Waals surface area contributed by atoms with Gasteiger partial charge in [-0.15, -0.1) is 0 Å². The smallest absolute Gasteiger partial charge is 0.163 e. The number of benzene rings is 2. The molecule has 2 nitrogen and oxygen atoms in total. The second-order valence-corrected chi connectivity index (χ2v) is 6.52. The van der Waals surface area contributed by atoms with Crippen molar-refractivity contribution in [2.45, 2.75) is 31.6 Å². The van der Waals surface area contributed by atoms with Crippen LogP contribution in [0.15, 0.2) is 54.6 Å². The number of carbonyl (C=O) groups is 1. The number of ketones is 1. The number of para-hydroxylation sites is 1. The Bertz CT molecular complexity index is 860. The third kappa shape index (κ3) is 2.39. The number of hydrogen-bond donors (Lipinski definition) is 0. The second kappa shape index (κ2) is 5.69. The van der Waals surface area contributed by atoms with Crippen LogP contribution in [0.1, 0.15) is 46.8 Å². The van der Waals surface area contributed by atoms with Crippen LogP contribution in [0.25, 0.3) is 10.9 Å². The summed E-state index contributed by atoms with van der Waals surface area (Å²) in [5.74, 6) is 0.606. The first-order valence-corrected chi connectivity index (χ1v) is 8.40. The molecule has 1 unspecified atom stereocenters. The van der Waals surface area contributed by atoms with E-state index in [2.05, 4.69) is 35.9 Å². The van der Waals surface area contributed by atoms with Crippen LogP contribution in [0.5, 0.6) is 0 Å². The molecule has 1 atom stereocenters. The van der Waals surface area contributed by atoms with Gasteiger partial charge in [0.1, 0.15) is 0 Å². The van der Waals surface area contributed by atoms with Crippen LogP contribution in [-0.2, 0) is 13.5 Å². The van der Waals surface area contributed by atoms with Crippen molar-refractivity contribution in [2.24, 2.45) is 7.05 Å². The van der Waals surface area contributed by atoms with Gasteiger partial charge in [-0.25, -0.2) is 0 Å². The third-order valence-electron chi connectivity index (χ3n) is 5.17. The quantitative estimate of drug-likeness (QED) is 0.633. The Hall–Kier alpha value is -2.35. The van der Waals surface area contributed by atoms with Gasteiger partial charge in [0, 0.05) is 35.6 Å². The van der Waals surface area contributed by atoms with Crippen molar-refractivity contribution in [2.75, 3.05) is 0 Å². The Labute approximate surface area is 136 Å². The van der Waals surface area contributed by atoms with E-state index in [1.807, 2.05) is 30.3 Å². The molecule has 0 saturated carbocycles. The predicted octanol–water partition coefficient (Wildman–Crippen LogP) is 4.87. The summed E-state index contributed by atoms with van der Waals surface area (Å²) in [7, 11) is 2.16. The number of rotatable bonds is 3. The summed E-state index contributed by atoms with van der Waals surface area (Å²) in [6, 6.07) is 18.3. The first-order chi connectivity index (χ1) is 11.3. The fourth-order valence-corrected chi connectivity index (χ4v) is 4.06. The average Bonchev–Trinajstić information content (AvgIpc) is 2.90. The molecular weight excluding hydrogens is 282 g/mol. The van der Waals surface area contributed by atoms with Crippen LogP contribution >= 0.6 is 0 Å². The van der Waals surface area contributed by atoms with Crippen LogP contribution < -0.4 is 0 Å².